The summed E-state index contributed by atoms with van der Waals surface area (Å²) in [5.41, 5.74) is 5.57. The van der Waals surface area contributed by atoms with Crippen molar-refractivity contribution in [2.75, 3.05) is 0 Å². The van der Waals surface area contributed by atoms with Gasteiger partial charge in [-0.1, -0.05) is 18.2 Å². The number of rotatable bonds is 1. The smallest absolute Gasteiger partial charge is 0.279 e. The maximum Gasteiger partial charge on any atom is 0.279 e. The molecule has 0 heterocycles. The van der Waals surface area contributed by atoms with E-state index in [4.69, 9.17) is 5.73 Å². The highest BCUT2D eigenvalue weighted by Crippen LogP contribution is 1.97. The Balaban J connectivity index is 2.73. The summed E-state index contributed by atoms with van der Waals surface area (Å²) in [6.45, 7) is 0. The predicted molar refractivity (Wildman–Crippen MR) is 49.7 cm³/mol. The highest BCUT2D eigenvalue weighted by Gasteiger charge is 2.05. The second kappa shape index (κ2) is 3.82. The van der Waals surface area contributed by atoms with E-state index in [9.17, 15) is 4.79 Å². The monoisotopic (exact) mass is 179 g/mol. The van der Waals surface area contributed by atoms with Crippen molar-refractivity contribution in [3.05, 3.63) is 35.9 Å². The van der Waals surface area contributed by atoms with Gasteiger partial charge in [0.15, 0.2) is 5.11 Å². The number of benzene rings is 1. The summed E-state index contributed by atoms with van der Waals surface area (Å²) in [4.78, 5) is 11.1. The lowest BCUT2D eigenvalue weighted by Gasteiger charge is -1.97. The SMILES string of the molecule is NC(=S)[N]C(=O)c1ccccc1. The molecule has 0 spiro atoms. The van der Waals surface area contributed by atoms with Crippen LogP contribution in [0.2, 0.25) is 0 Å². The van der Waals surface area contributed by atoms with Crippen LogP contribution in [0, 0.1) is 0 Å². The molecule has 0 atom stereocenters. The van der Waals surface area contributed by atoms with E-state index in [2.05, 4.69) is 17.5 Å². The van der Waals surface area contributed by atoms with E-state index >= 15 is 0 Å². The average Bonchev–Trinajstić information content (AvgIpc) is 2.05. The van der Waals surface area contributed by atoms with E-state index in [1.165, 1.54) is 0 Å². The number of carbonyl (C=O) groups is 1. The molecule has 1 radical (unpaired) electrons. The van der Waals surface area contributed by atoms with Gasteiger partial charge in [-0.15, -0.1) is 0 Å². The van der Waals surface area contributed by atoms with E-state index in [1.54, 1.807) is 24.3 Å². The van der Waals surface area contributed by atoms with Gasteiger partial charge in [0.25, 0.3) is 5.91 Å². The lowest BCUT2D eigenvalue weighted by molar-refractivity contribution is 0.0974. The fraction of sp³-hybridized carbons (Fsp3) is 0. The Morgan fingerprint density at radius 1 is 1.33 bits per heavy atom. The van der Waals surface area contributed by atoms with Crippen LogP contribution < -0.4 is 11.1 Å². The summed E-state index contributed by atoms with van der Waals surface area (Å²) in [6.07, 6.45) is 0. The Hall–Kier alpha value is -1.42. The number of nitrogens with two attached hydrogens (primary N) is 1. The molecule has 1 rings (SSSR count). The molecule has 0 aliphatic carbocycles. The van der Waals surface area contributed by atoms with Gasteiger partial charge in [0, 0.05) is 5.56 Å². The first-order chi connectivity index (χ1) is 5.70. The van der Waals surface area contributed by atoms with Crippen molar-refractivity contribution in [1.82, 2.24) is 5.32 Å². The van der Waals surface area contributed by atoms with E-state index < -0.39 is 5.91 Å². The third-order valence-corrected chi connectivity index (χ3v) is 1.32. The molecule has 0 saturated heterocycles. The van der Waals surface area contributed by atoms with Gasteiger partial charge >= 0.3 is 0 Å². The van der Waals surface area contributed by atoms with Crippen LogP contribution >= 0.6 is 12.2 Å². The fourth-order valence-corrected chi connectivity index (χ4v) is 0.828. The van der Waals surface area contributed by atoms with Crippen molar-refractivity contribution in [3.8, 4) is 0 Å². The molecule has 61 valence electrons. The summed E-state index contributed by atoms with van der Waals surface area (Å²) in [5, 5.41) is 3.28. The second-order valence-electron chi connectivity index (χ2n) is 2.12. The van der Waals surface area contributed by atoms with Crippen molar-refractivity contribution in [2.24, 2.45) is 5.73 Å². The highest BCUT2D eigenvalue weighted by atomic mass is 32.1. The zero-order valence-electron chi connectivity index (χ0n) is 6.23. The number of hydrogen-bond donors (Lipinski definition) is 1. The molecule has 4 heteroatoms. The molecule has 0 fully saturated rings. The van der Waals surface area contributed by atoms with Gasteiger partial charge in [0.2, 0.25) is 0 Å². The molecule has 0 saturated carbocycles. The molecule has 0 bridgehead atoms. The number of thiocarbonyl (C=S) groups is 1. The van der Waals surface area contributed by atoms with Gasteiger partial charge in [-0.2, -0.15) is 5.32 Å². The second-order valence-corrected chi connectivity index (χ2v) is 2.54. The zero-order valence-corrected chi connectivity index (χ0v) is 7.04. The van der Waals surface area contributed by atoms with Gasteiger partial charge in [-0.05, 0) is 24.4 Å². The largest absolute Gasteiger partial charge is 0.374 e. The number of nitrogens with zero attached hydrogens (tertiary/aromatic N) is 1. The average molecular weight is 179 g/mol. The van der Waals surface area contributed by atoms with Crippen molar-refractivity contribution < 1.29 is 4.79 Å². The van der Waals surface area contributed by atoms with Gasteiger partial charge in [0.05, 0.1) is 0 Å². The van der Waals surface area contributed by atoms with Crippen molar-refractivity contribution in [1.29, 1.82) is 0 Å². The minimum absolute atomic E-state index is 0.135. The maximum atomic E-state index is 11.1. The van der Waals surface area contributed by atoms with Gasteiger partial charge in [0.1, 0.15) is 0 Å². The van der Waals surface area contributed by atoms with Crippen LogP contribution in [0.1, 0.15) is 10.4 Å². The van der Waals surface area contributed by atoms with Gasteiger partial charge in [-0.3, -0.25) is 4.79 Å². The summed E-state index contributed by atoms with van der Waals surface area (Å²) >= 11 is 4.46. The predicted octanol–water partition coefficient (Wildman–Crippen LogP) is 0.675. The normalized spacial score (nSPS) is 9.00. The van der Waals surface area contributed by atoms with Crippen molar-refractivity contribution >= 4 is 23.2 Å². The van der Waals surface area contributed by atoms with Crippen molar-refractivity contribution in [3.63, 3.8) is 0 Å². The van der Waals surface area contributed by atoms with E-state index in [-0.39, 0.29) is 5.11 Å². The Kier molecular flexibility index (Phi) is 2.76. The minimum atomic E-state index is -0.400. The number of amides is 1. The van der Waals surface area contributed by atoms with Crippen LogP contribution in [-0.2, 0) is 0 Å². The summed E-state index contributed by atoms with van der Waals surface area (Å²) in [6, 6.07) is 8.64. The molecule has 0 aliphatic heterocycles. The van der Waals surface area contributed by atoms with E-state index in [1.807, 2.05) is 6.07 Å². The number of carbonyl (C=O) groups excluding carboxylic acids is 1. The summed E-state index contributed by atoms with van der Waals surface area (Å²) in [5.74, 6) is -0.400. The maximum absolute atomic E-state index is 11.1. The Morgan fingerprint density at radius 2 is 1.92 bits per heavy atom. The molecular formula is C8H7N2OS. The van der Waals surface area contributed by atoms with Gasteiger partial charge < -0.3 is 5.73 Å². The van der Waals surface area contributed by atoms with E-state index in [0.29, 0.717) is 5.56 Å². The molecule has 2 N–H and O–H groups in total. The first-order valence-electron chi connectivity index (χ1n) is 3.30. The molecule has 0 aliphatic rings. The Morgan fingerprint density at radius 3 is 2.42 bits per heavy atom. The van der Waals surface area contributed by atoms with Crippen LogP contribution in [0.15, 0.2) is 30.3 Å². The Bertz CT molecular complexity index is 297. The first kappa shape index (κ1) is 8.67. The first-order valence-corrected chi connectivity index (χ1v) is 3.71. The standard InChI is InChI=1S/C8H7N2OS/c9-8(12)10-7(11)6-4-2-1-3-5-6/h1-5H,(H2,9,12). The molecule has 1 aromatic carbocycles. The Labute approximate surface area is 75.6 Å². The molecule has 0 unspecified atom stereocenters. The third-order valence-electron chi connectivity index (χ3n) is 1.23. The van der Waals surface area contributed by atoms with Crippen LogP contribution in [0.4, 0.5) is 0 Å². The quantitative estimate of drug-likeness (QED) is 0.645. The lowest BCUT2D eigenvalue weighted by atomic mass is 10.2. The molecule has 1 aromatic rings. The van der Waals surface area contributed by atoms with Crippen LogP contribution in [0.3, 0.4) is 0 Å². The molecule has 3 nitrogen and oxygen atoms in total. The highest BCUT2D eigenvalue weighted by molar-refractivity contribution is 7.80. The van der Waals surface area contributed by atoms with Crippen LogP contribution in [-0.4, -0.2) is 11.0 Å². The zero-order chi connectivity index (χ0) is 8.97. The molecule has 1 amide bonds. The fourth-order valence-electron chi connectivity index (χ4n) is 0.745. The lowest BCUT2D eigenvalue weighted by Crippen LogP contribution is -2.27. The summed E-state index contributed by atoms with van der Waals surface area (Å²) < 4.78 is 0. The number of hydrogen-bond acceptors (Lipinski definition) is 2. The molecular weight excluding hydrogens is 172 g/mol. The van der Waals surface area contributed by atoms with E-state index in [0.717, 1.165) is 0 Å². The van der Waals surface area contributed by atoms with Crippen LogP contribution in [0.25, 0.3) is 0 Å². The van der Waals surface area contributed by atoms with Crippen molar-refractivity contribution in [2.45, 2.75) is 0 Å². The molecule has 0 aromatic heterocycles. The topological polar surface area (TPSA) is 57.2 Å². The molecule has 12 heavy (non-hydrogen) atoms. The third kappa shape index (κ3) is 2.32. The minimum Gasteiger partial charge on any atom is -0.374 e. The summed E-state index contributed by atoms with van der Waals surface area (Å²) in [7, 11) is 0. The van der Waals surface area contributed by atoms with Crippen LogP contribution in [0.5, 0.6) is 0 Å². The van der Waals surface area contributed by atoms with Gasteiger partial charge in [-0.25, -0.2) is 0 Å².